The van der Waals surface area contributed by atoms with Gasteiger partial charge in [0.15, 0.2) is 0 Å². The molecule has 6 aromatic rings. The minimum Gasteiger partial charge on any atom is -0.365 e. The van der Waals surface area contributed by atoms with Crippen LogP contribution in [0.4, 0.5) is 5.82 Å². The van der Waals surface area contributed by atoms with Gasteiger partial charge in [0.05, 0.1) is 15.6 Å². The van der Waals surface area contributed by atoms with Gasteiger partial charge in [-0.3, -0.25) is 9.97 Å². The lowest BCUT2D eigenvalue weighted by Gasteiger charge is -2.10. The molecule has 6 rings (SSSR count). The van der Waals surface area contributed by atoms with Crippen LogP contribution in [0.5, 0.6) is 0 Å². The molecule has 0 aliphatic carbocycles. The first-order valence-corrected chi connectivity index (χ1v) is 11.5. The first-order valence-electron chi connectivity index (χ1n) is 10.8. The fraction of sp³-hybridized carbons (Fsp3) is 0.0769. The predicted octanol–water partition coefficient (Wildman–Crippen LogP) is 6.56. The van der Waals surface area contributed by atoms with Gasteiger partial charge in [-0.25, -0.2) is 9.97 Å². The van der Waals surface area contributed by atoms with E-state index in [4.69, 9.17) is 23.2 Å². The molecule has 5 aromatic heterocycles. The summed E-state index contributed by atoms with van der Waals surface area (Å²) >= 11 is 12.4. The molecule has 0 saturated carbocycles. The highest BCUT2D eigenvalue weighted by molar-refractivity contribution is 6.35. The minimum atomic E-state index is 0.576. The number of rotatable bonds is 5. The molecule has 0 radical (unpaired) electrons. The Hall–Kier alpha value is -3.74. The average Bonchev–Trinajstić information content (AvgIpc) is 3.22. The molecule has 5 heterocycles. The van der Waals surface area contributed by atoms with Gasteiger partial charge in [-0.05, 0) is 47.5 Å². The largest absolute Gasteiger partial charge is 0.365 e. The monoisotopic (exact) mass is 484 g/mol. The molecule has 0 bridgehead atoms. The van der Waals surface area contributed by atoms with Crippen LogP contribution in [0.25, 0.3) is 32.7 Å². The van der Waals surface area contributed by atoms with Crippen LogP contribution in [0, 0.1) is 0 Å². The van der Waals surface area contributed by atoms with Gasteiger partial charge >= 0.3 is 0 Å². The van der Waals surface area contributed by atoms with Crippen molar-refractivity contribution in [2.24, 2.45) is 0 Å². The second-order valence-corrected chi connectivity index (χ2v) is 8.99. The SMILES string of the molecule is Clc1cnc2ccc(Cc3cc4c(NCc5cnc6[nH]cc(Cl)c6c5)nccc4cn3)cc2c1. The molecule has 0 spiro atoms. The lowest BCUT2D eigenvalue weighted by atomic mass is 10.0. The molecular formula is C26H18Cl2N6. The number of aromatic amines is 1. The molecule has 8 heteroatoms. The number of anilines is 1. The molecule has 0 fully saturated rings. The first-order chi connectivity index (χ1) is 16.6. The molecule has 0 unspecified atom stereocenters. The lowest BCUT2D eigenvalue weighted by Crippen LogP contribution is -2.03. The molecule has 0 aliphatic rings. The summed E-state index contributed by atoms with van der Waals surface area (Å²) in [5.74, 6) is 0.802. The number of H-pyrrole nitrogens is 1. The van der Waals surface area contributed by atoms with Crippen molar-refractivity contribution in [2.75, 3.05) is 5.32 Å². The number of nitrogens with one attached hydrogen (secondary N) is 2. The van der Waals surface area contributed by atoms with Crippen molar-refractivity contribution in [1.82, 2.24) is 24.9 Å². The van der Waals surface area contributed by atoms with Crippen molar-refractivity contribution < 1.29 is 0 Å². The van der Waals surface area contributed by atoms with Gasteiger partial charge in [0.2, 0.25) is 0 Å². The van der Waals surface area contributed by atoms with E-state index in [2.05, 4.69) is 48.4 Å². The van der Waals surface area contributed by atoms with Gasteiger partial charge < -0.3 is 10.3 Å². The van der Waals surface area contributed by atoms with Gasteiger partial charge in [0.25, 0.3) is 0 Å². The van der Waals surface area contributed by atoms with Crippen LogP contribution in [0.2, 0.25) is 10.0 Å². The Balaban J connectivity index is 1.28. The molecule has 0 atom stereocenters. The predicted molar refractivity (Wildman–Crippen MR) is 138 cm³/mol. The Morgan fingerprint density at radius 3 is 2.68 bits per heavy atom. The molecule has 1 aromatic carbocycles. The normalized spacial score (nSPS) is 11.5. The number of hydrogen-bond donors (Lipinski definition) is 2. The Bertz CT molecular complexity index is 1680. The van der Waals surface area contributed by atoms with Crippen molar-refractivity contribution in [1.29, 1.82) is 0 Å². The van der Waals surface area contributed by atoms with Crippen molar-refractivity contribution in [2.45, 2.75) is 13.0 Å². The number of aromatic nitrogens is 5. The zero-order chi connectivity index (χ0) is 23.1. The van der Waals surface area contributed by atoms with E-state index in [-0.39, 0.29) is 0 Å². The fourth-order valence-corrected chi connectivity index (χ4v) is 4.48. The van der Waals surface area contributed by atoms with E-state index in [1.807, 2.05) is 36.7 Å². The summed E-state index contributed by atoms with van der Waals surface area (Å²) in [5, 5.41) is 8.71. The maximum absolute atomic E-state index is 6.24. The average molecular weight is 485 g/mol. The maximum Gasteiger partial charge on any atom is 0.138 e. The van der Waals surface area contributed by atoms with Crippen LogP contribution in [0.1, 0.15) is 16.8 Å². The van der Waals surface area contributed by atoms with E-state index in [0.717, 1.165) is 55.3 Å². The molecule has 0 amide bonds. The summed E-state index contributed by atoms with van der Waals surface area (Å²) in [7, 11) is 0. The first kappa shape index (κ1) is 20.8. The Kier molecular flexibility index (Phi) is 5.24. The summed E-state index contributed by atoms with van der Waals surface area (Å²) in [6.45, 7) is 0.576. The highest BCUT2D eigenvalue weighted by atomic mass is 35.5. The molecule has 2 N–H and O–H groups in total. The second-order valence-electron chi connectivity index (χ2n) is 8.14. The van der Waals surface area contributed by atoms with Crippen molar-refractivity contribution in [3.63, 3.8) is 0 Å². The molecule has 0 aliphatic heterocycles. The Morgan fingerprint density at radius 2 is 1.74 bits per heavy atom. The van der Waals surface area contributed by atoms with Crippen LogP contribution < -0.4 is 5.32 Å². The van der Waals surface area contributed by atoms with E-state index in [9.17, 15) is 0 Å². The van der Waals surface area contributed by atoms with Gasteiger partial charge in [-0.1, -0.05) is 29.3 Å². The molecular weight excluding hydrogens is 467 g/mol. The van der Waals surface area contributed by atoms with E-state index in [1.54, 1.807) is 18.6 Å². The third-order valence-electron chi connectivity index (χ3n) is 5.80. The topological polar surface area (TPSA) is 79.4 Å². The highest BCUT2D eigenvalue weighted by Crippen LogP contribution is 2.26. The van der Waals surface area contributed by atoms with Crippen LogP contribution in [0.3, 0.4) is 0 Å². The summed E-state index contributed by atoms with van der Waals surface area (Å²) in [6, 6.07) is 14.2. The van der Waals surface area contributed by atoms with Crippen molar-refractivity contribution >= 4 is 61.7 Å². The molecule has 0 saturated heterocycles. The summed E-state index contributed by atoms with van der Waals surface area (Å²) in [6.07, 6.45) is 9.62. The number of hydrogen-bond acceptors (Lipinski definition) is 5. The zero-order valence-corrected chi connectivity index (χ0v) is 19.4. The molecule has 6 nitrogen and oxygen atoms in total. The number of halogens is 2. The van der Waals surface area contributed by atoms with E-state index >= 15 is 0 Å². The zero-order valence-electron chi connectivity index (χ0n) is 17.9. The smallest absolute Gasteiger partial charge is 0.138 e. The third kappa shape index (κ3) is 4.02. The molecule has 166 valence electrons. The second kappa shape index (κ2) is 8.56. The summed E-state index contributed by atoms with van der Waals surface area (Å²) in [4.78, 5) is 21.1. The Labute approximate surface area is 205 Å². The summed E-state index contributed by atoms with van der Waals surface area (Å²) in [5.41, 5.74) is 4.82. The van der Waals surface area contributed by atoms with Crippen molar-refractivity contribution in [3.05, 3.63) is 100 Å². The highest BCUT2D eigenvalue weighted by Gasteiger charge is 2.08. The lowest BCUT2D eigenvalue weighted by molar-refractivity contribution is 1.08. The molecule has 34 heavy (non-hydrogen) atoms. The number of benzene rings is 1. The van der Waals surface area contributed by atoms with Crippen LogP contribution in [0.15, 0.2) is 73.4 Å². The van der Waals surface area contributed by atoms with E-state index in [0.29, 0.717) is 23.0 Å². The number of nitrogens with zero attached hydrogens (tertiary/aromatic N) is 4. The minimum absolute atomic E-state index is 0.576. The van der Waals surface area contributed by atoms with E-state index in [1.165, 1.54) is 0 Å². The van der Waals surface area contributed by atoms with Gasteiger partial charge in [-0.15, -0.1) is 0 Å². The van der Waals surface area contributed by atoms with Crippen LogP contribution >= 0.6 is 23.2 Å². The van der Waals surface area contributed by atoms with Crippen LogP contribution in [-0.2, 0) is 13.0 Å². The van der Waals surface area contributed by atoms with E-state index < -0.39 is 0 Å². The number of fused-ring (bicyclic) bond motifs is 3. The van der Waals surface area contributed by atoms with Gasteiger partial charge in [-0.2, -0.15) is 0 Å². The quantitative estimate of drug-likeness (QED) is 0.289. The summed E-state index contributed by atoms with van der Waals surface area (Å²) < 4.78 is 0. The van der Waals surface area contributed by atoms with Crippen LogP contribution in [-0.4, -0.2) is 24.9 Å². The number of pyridine rings is 4. The van der Waals surface area contributed by atoms with Crippen molar-refractivity contribution in [3.8, 4) is 0 Å². The standard InChI is InChI=1S/C26H18Cl2N6/c27-19-8-18-5-15(1-2-24(18)31-13-19)6-20-9-21-17(12-30-20)3-4-29-25(21)32-10-16-7-22-23(28)14-34-26(22)33-11-16/h1-5,7-9,11-14H,6,10H2,(H,29,32)(H,33,34). The van der Waals surface area contributed by atoms with Gasteiger partial charge in [0.1, 0.15) is 11.5 Å². The van der Waals surface area contributed by atoms with Gasteiger partial charge in [0, 0.05) is 71.2 Å². The fourth-order valence-electron chi connectivity index (χ4n) is 4.12. The third-order valence-corrected chi connectivity index (χ3v) is 6.32. The maximum atomic E-state index is 6.24. The Morgan fingerprint density at radius 1 is 0.794 bits per heavy atom.